The average Bonchev–Trinajstić information content (AvgIpc) is 3.28. The fourth-order valence-corrected chi connectivity index (χ4v) is 5.65. The highest BCUT2D eigenvalue weighted by Crippen LogP contribution is 2.56. The summed E-state index contributed by atoms with van der Waals surface area (Å²) in [6.45, 7) is 0. The quantitative estimate of drug-likeness (QED) is 0.583. The van der Waals surface area contributed by atoms with Crippen molar-refractivity contribution in [3.05, 3.63) is 105 Å². The largest absolute Gasteiger partial charge is 0.143 e. The van der Waals surface area contributed by atoms with Gasteiger partial charge in [-0.3, -0.25) is 0 Å². The smallest absolute Gasteiger partial charge is 0.0667 e. The van der Waals surface area contributed by atoms with E-state index in [4.69, 9.17) is 0 Å². The van der Waals surface area contributed by atoms with Crippen molar-refractivity contribution in [3.63, 3.8) is 0 Å². The minimum Gasteiger partial charge on any atom is -0.143 e. The zero-order valence-corrected chi connectivity index (χ0v) is 13.8. The standard InChI is InChI=1S/C23H14S/c1-3-9-19-17(7-1)18-8-2-4-10-20(18)23(19)12-5-6-15-14-16-11-13-24-22(16)21(15)23/h1-14H. The fourth-order valence-electron chi connectivity index (χ4n) is 4.64. The fraction of sp³-hybridized carbons (Fsp3) is 0.0435. The zero-order chi connectivity index (χ0) is 15.7. The first-order valence-corrected chi connectivity index (χ1v) is 9.17. The lowest BCUT2D eigenvalue weighted by atomic mass is 9.68. The van der Waals surface area contributed by atoms with Gasteiger partial charge in [-0.05, 0) is 56.1 Å². The van der Waals surface area contributed by atoms with Crippen molar-refractivity contribution in [1.82, 2.24) is 0 Å². The molecule has 24 heavy (non-hydrogen) atoms. The molecule has 1 heteroatoms. The second-order valence-electron chi connectivity index (χ2n) is 6.60. The predicted molar refractivity (Wildman–Crippen MR) is 101 cm³/mol. The summed E-state index contributed by atoms with van der Waals surface area (Å²) in [4.78, 5) is 0. The maximum absolute atomic E-state index is 2.40. The molecule has 0 radical (unpaired) electrons. The third-order valence-electron chi connectivity index (χ3n) is 5.53. The van der Waals surface area contributed by atoms with E-state index in [2.05, 4.69) is 84.3 Å². The first kappa shape index (κ1) is 12.7. The van der Waals surface area contributed by atoms with Crippen molar-refractivity contribution in [3.8, 4) is 11.1 Å². The maximum atomic E-state index is 2.40. The molecule has 112 valence electrons. The first-order chi connectivity index (χ1) is 11.9. The molecule has 0 saturated heterocycles. The topological polar surface area (TPSA) is 0 Å². The summed E-state index contributed by atoms with van der Waals surface area (Å²) in [6.07, 6.45) is 9.25. The summed E-state index contributed by atoms with van der Waals surface area (Å²) in [7, 11) is 0. The molecular weight excluding hydrogens is 308 g/mol. The Kier molecular flexibility index (Phi) is 2.26. The van der Waals surface area contributed by atoms with Gasteiger partial charge in [0.2, 0.25) is 0 Å². The predicted octanol–water partition coefficient (Wildman–Crippen LogP) is 4.16. The van der Waals surface area contributed by atoms with E-state index in [9.17, 15) is 0 Å². The molecule has 3 aromatic rings. The molecule has 6 rings (SSSR count). The lowest BCUT2D eigenvalue weighted by Crippen LogP contribution is -2.31. The number of benzene rings is 2. The van der Waals surface area contributed by atoms with Crippen molar-refractivity contribution in [1.29, 1.82) is 0 Å². The van der Waals surface area contributed by atoms with E-state index < -0.39 is 0 Å². The van der Waals surface area contributed by atoms with Crippen LogP contribution in [0, 0.1) is 0 Å². The third-order valence-corrected chi connectivity index (χ3v) is 6.48. The van der Waals surface area contributed by atoms with E-state index in [-0.39, 0.29) is 5.41 Å². The Morgan fingerprint density at radius 2 is 1.50 bits per heavy atom. The van der Waals surface area contributed by atoms with Crippen LogP contribution >= 0.6 is 11.3 Å². The van der Waals surface area contributed by atoms with Crippen LogP contribution in [0.5, 0.6) is 0 Å². The van der Waals surface area contributed by atoms with Crippen LogP contribution in [0.4, 0.5) is 0 Å². The Morgan fingerprint density at radius 1 is 0.792 bits per heavy atom. The van der Waals surface area contributed by atoms with Gasteiger partial charge in [-0.25, -0.2) is 0 Å². The van der Waals surface area contributed by atoms with Gasteiger partial charge in [-0.15, -0.1) is 11.3 Å². The summed E-state index contributed by atoms with van der Waals surface area (Å²) in [5.74, 6) is 0. The van der Waals surface area contributed by atoms with Crippen molar-refractivity contribution in [2.24, 2.45) is 0 Å². The van der Waals surface area contributed by atoms with Gasteiger partial charge in [0.1, 0.15) is 0 Å². The SMILES string of the molecule is C1=CC2(C3=c4sccc4=CC3=C1)c1ccccc1-c1ccccc12. The van der Waals surface area contributed by atoms with Gasteiger partial charge in [-0.2, -0.15) is 0 Å². The van der Waals surface area contributed by atoms with E-state index in [1.165, 1.54) is 43.2 Å². The number of rotatable bonds is 0. The van der Waals surface area contributed by atoms with Crippen LogP contribution in [0.1, 0.15) is 11.1 Å². The molecule has 0 N–H and O–H groups in total. The maximum Gasteiger partial charge on any atom is 0.0667 e. The minimum absolute atomic E-state index is 0.149. The highest BCUT2D eigenvalue weighted by molar-refractivity contribution is 7.08. The van der Waals surface area contributed by atoms with Crippen molar-refractivity contribution in [2.45, 2.75) is 5.41 Å². The monoisotopic (exact) mass is 322 g/mol. The highest BCUT2D eigenvalue weighted by Gasteiger charge is 2.46. The van der Waals surface area contributed by atoms with Gasteiger partial charge in [0.15, 0.2) is 0 Å². The number of fused-ring (bicyclic) bond motifs is 8. The number of hydrogen-bond acceptors (Lipinski definition) is 1. The molecule has 0 aliphatic heterocycles. The van der Waals surface area contributed by atoms with E-state index in [0.29, 0.717) is 0 Å². The van der Waals surface area contributed by atoms with E-state index in [1.807, 2.05) is 11.3 Å². The van der Waals surface area contributed by atoms with Crippen LogP contribution in [-0.2, 0) is 5.41 Å². The van der Waals surface area contributed by atoms with Crippen molar-refractivity contribution >= 4 is 23.0 Å². The number of thiophene rings is 1. The van der Waals surface area contributed by atoms with Crippen molar-refractivity contribution in [2.75, 3.05) is 0 Å². The van der Waals surface area contributed by atoms with Crippen LogP contribution in [0.3, 0.4) is 0 Å². The Balaban J connectivity index is 1.86. The highest BCUT2D eigenvalue weighted by atomic mass is 32.1. The summed E-state index contributed by atoms with van der Waals surface area (Å²) in [5.41, 5.74) is 8.26. The average molecular weight is 322 g/mol. The Hall–Kier alpha value is -2.64. The van der Waals surface area contributed by atoms with Gasteiger partial charge in [0.25, 0.3) is 0 Å². The second-order valence-corrected chi connectivity index (χ2v) is 7.52. The molecule has 1 aromatic heterocycles. The van der Waals surface area contributed by atoms with Gasteiger partial charge in [0.05, 0.1) is 5.41 Å². The molecule has 0 bridgehead atoms. The molecule has 0 fully saturated rings. The van der Waals surface area contributed by atoms with Gasteiger partial charge in [-0.1, -0.05) is 66.8 Å². The first-order valence-electron chi connectivity index (χ1n) is 8.29. The van der Waals surface area contributed by atoms with E-state index in [0.717, 1.165) is 0 Å². The van der Waals surface area contributed by atoms with Gasteiger partial charge in [0, 0.05) is 4.53 Å². The number of hydrogen-bond donors (Lipinski definition) is 0. The molecule has 0 atom stereocenters. The van der Waals surface area contributed by atoms with Crippen LogP contribution in [0.2, 0.25) is 0 Å². The Labute approximate surface area is 144 Å². The number of allylic oxidation sites excluding steroid dienone is 4. The molecule has 0 nitrogen and oxygen atoms in total. The molecule has 3 aliphatic rings. The van der Waals surface area contributed by atoms with Crippen LogP contribution in [0.15, 0.2) is 83.8 Å². The molecule has 0 amide bonds. The molecular formula is C23H14S. The van der Waals surface area contributed by atoms with Gasteiger partial charge >= 0.3 is 0 Å². The summed E-state index contributed by atoms with van der Waals surface area (Å²) >= 11 is 1.86. The lowest BCUT2D eigenvalue weighted by molar-refractivity contribution is 0.861. The summed E-state index contributed by atoms with van der Waals surface area (Å²) < 4.78 is 1.43. The van der Waals surface area contributed by atoms with Crippen molar-refractivity contribution < 1.29 is 0 Å². The molecule has 1 spiro atoms. The van der Waals surface area contributed by atoms with E-state index >= 15 is 0 Å². The minimum atomic E-state index is -0.149. The Bertz CT molecular complexity index is 1160. The molecule has 3 aliphatic carbocycles. The summed E-state index contributed by atoms with van der Waals surface area (Å²) in [5, 5.41) is 3.58. The lowest BCUT2D eigenvalue weighted by Gasteiger charge is -2.33. The van der Waals surface area contributed by atoms with Crippen LogP contribution in [0.25, 0.3) is 22.8 Å². The zero-order valence-electron chi connectivity index (χ0n) is 13.0. The van der Waals surface area contributed by atoms with E-state index in [1.54, 1.807) is 0 Å². The molecule has 1 heterocycles. The van der Waals surface area contributed by atoms with Crippen LogP contribution in [-0.4, -0.2) is 0 Å². The third kappa shape index (κ3) is 1.32. The Morgan fingerprint density at radius 3 is 2.25 bits per heavy atom. The molecule has 0 unspecified atom stereocenters. The van der Waals surface area contributed by atoms with Crippen LogP contribution < -0.4 is 9.75 Å². The summed E-state index contributed by atoms with van der Waals surface area (Å²) in [6, 6.07) is 20.0. The normalized spacial score (nSPS) is 17.8. The molecule has 2 aromatic carbocycles. The second kappa shape index (κ2) is 4.25. The molecule has 0 saturated carbocycles. The van der Waals surface area contributed by atoms with Gasteiger partial charge < -0.3 is 0 Å².